The molecule has 1 N–H and O–H groups in total. The van der Waals surface area contributed by atoms with E-state index in [2.05, 4.69) is 9.71 Å². The summed E-state index contributed by atoms with van der Waals surface area (Å²) in [4.78, 5) is 27.6. The Labute approximate surface area is 151 Å². The van der Waals surface area contributed by atoms with Crippen molar-refractivity contribution in [3.05, 3.63) is 53.8 Å². The van der Waals surface area contributed by atoms with Crippen molar-refractivity contribution in [2.24, 2.45) is 4.40 Å². The highest BCUT2D eigenvalue weighted by molar-refractivity contribution is 7.90. The topological polar surface area (TPSA) is 99.1 Å². The van der Waals surface area contributed by atoms with E-state index in [1.807, 2.05) is 0 Å². The van der Waals surface area contributed by atoms with E-state index in [0.29, 0.717) is 11.3 Å². The van der Waals surface area contributed by atoms with Crippen LogP contribution in [0.5, 0.6) is 0 Å². The number of rotatable bonds is 3. The normalized spacial score (nSPS) is 17.7. The fourth-order valence-corrected chi connectivity index (χ4v) is 3.53. The van der Waals surface area contributed by atoms with Gasteiger partial charge in [-0.1, -0.05) is 0 Å². The number of allylic oxidation sites excluding steroid dienone is 2. The summed E-state index contributed by atoms with van der Waals surface area (Å²) in [5.41, 5.74) is 1.16. The van der Waals surface area contributed by atoms with Gasteiger partial charge in [0.2, 0.25) is 0 Å². The molecule has 0 radical (unpaired) electrons. The average Bonchev–Trinajstić information content (AvgIpc) is 2.60. The molecule has 0 aliphatic carbocycles. The average molecular weight is 374 g/mol. The number of anilines is 1. The molecule has 0 fully saturated rings. The zero-order valence-electron chi connectivity index (χ0n) is 14.3. The number of sulfonamides is 1. The summed E-state index contributed by atoms with van der Waals surface area (Å²) >= 11 is 0. The van der Waals surface area contributed by atoms with Crippen LogP contribution >= 0.6 is 0 Å². The second-order valence-corrected chi connectivity index (χ2v) is 7.80. The molecule has 0 bridgehead atoms. The SMILES string of the molecule is CN(C)C(=O)c1ccc(NC(=O)C2=CC=CN3CCS(=O)(=O)N=C23)cc1. The van der Waals surface area contributed by atoms with Gasteiger partial charge in [0.25, 0.3) is 21.8 Å². The first-order valence-electron chi connectivity index (χ1n) is 7.88. The molecule has 2 heterocycles. The van der Waals surface area contributed by atoms with Gasteiger partial charge in [-0.2, -0.15) is 0 Å². The first-order chi connectivity index (χ1) is 12.3. The van der Waals surface area contributed by atoms with Gasteiger partial charge in [-0.3, -0.25) is 9.59 Å². The molecule has 0 aromatic heterocycles. The van der Waals surface area contributed by atoms with E-state index in [1.165, 1.54) is 11.0 Å². The molecule has 0 saturated heterocycles. The second-order valence-electron chi connectivity index (χ2n) is 6.05. The van der Waals surface area contributed by atoms with Crippen molar-refractivity contribution in [1.82, 2.24) is 9.80 Å². The number of hydrogen-bond donors (Lipinski definition) is 1. The molecule has 136 valence electrons. The van der Waals surface area contributed by atoms with Gasteiger partial charge in [-0.25, -0.2) is 8.42 Å². The zero-order valence-corrected chi connectivity index (χ0v) is 15.2. The van der Waals surface area contributed by atoms with E-state index >= 15 is 0 Å². The van der Waals surface area contributed by atoms with Crippen LogP contribution in [0.1, 0.15) is 10.4 Å². The largest absolute Gasteiger partial charge is 0.345 e. The number of amides is 2. The maximum absolute atomic E-state index is 12.6. The summed E-state index contributed by atoms with van der Waals surface area (Å²) in [6.45, 7) is 0.254. The van der Waals surface area contributed by atoms with Gasteiger partial charge in [0.1, 0.15) is 0 Å². The maximum atomic E-state index is 12.6. The lowest BCUT2D eigenvalue weighted by molar-refractivity contribution is -0.112. The fraction of sp³-hybridized carbons (Fsp3) is 0.235. The molecule has 0 spiro atoms. The molecule has 0 unspecified atom stereocenters. The predicted octanol–water partition coefficient (Wildman–Crippen LogP) is 0.824. The number of nitrogens with one attached hydrogen (secondary N) is 1. The molecular weight excluding hydrogens is 356 g/mol. The van der Waals surface area contributed by atoms with E-state index in [4.69, 9.17) is 0 Å². The Kier molecular flexibility index (Phi) is 4.64. The van der Waals surface area contributed by atoms with Crippen LogP contribution in [0.15, 0.2) is 52.6 Å². The second kappa shape index (κ2) is 6.75. The molecule has 3 rings (SSSR count). The molecule has 1 aromatic rings. The number of amidine groups is 1. The Morgan fingerprint density at radius 1 is 1.19 bits per heavy atom. The molecule has 2 aliphatic heterocycles. The van der Waals surface area contributed by atoms with E-state index in [0.717, 1.165) is 0 Å². The molecule has 8 nitrogen and oxygen atoms in total. The Morgan fingerprint density at radius 2 is 1.88 bits per heavy atom. The van der Waals surface area contributed by atoms with Crippen LogP contribution in [-0.4, -0.2) is 62.3 Å². The van der Waals surface area contributed by atoms with E-state index in [1.54, 1.807) is 55.5 Å². The van der Waals surface area contributed by atoms with Gasteiger partial charge in [0.15, 0.2) is 5.84 Å². The summed E-state index contributed by atoms with van der Waals surface area (Å²) in [5.74, 6) is -0.574. The van der Waals surface area contributed by atoms with Gasteiger partial charge < -0.3 is 15.1 Å². The zero-order chi connectivity index (χ0) is 18.9. The Balaban J connectivity index is 1.79. The lowest BCUT2D eigenvalue weighted by Crippen LogP contribution is -2.40. The molecule has 2 amide bonds. The smallest absolute Gasteiger partial charge is 0.259 e. The number of fused-ring (bicyclic) bond motifs is 1. The minimum absolute atomic E-state index is 0.0862. The van der Waals surface area contributed by atoms with Crippen LogP contribution in [0, 0.1) is 0 Å². The van der Waals surface area contributed by atoms with Crippen LogP contribution in [0.4, 0.5) is 5.69 Å². The van der Waals surface area contributed by atoms with E-state index in [9.17, 15) is 18.0 Å². The van der Waals surface area contributed by atoms with Gasteiger partial charge in [-0.15, -0.1) is 4.40 Å². The van der Waals surface area contributed by atoms with Gasteiger partial charge in [0.05, 0.1) is 11.3 Å². The summed E-state index contributed by atoms with van der Waals surface area (Å²) < 4.78 is 27.2. The summed E-state index contributed by atoms with van der Waals surface area (Å²) in [6, 6.07) is 6.46. The van der Waals surface area contributed by atoms with E-state index in [-0.39, 0.29) is 29.6 Å². The predicted molar refractivity (Wildman–Crippen MR) is 98.2 cm³/mol. The monoisotopic (exact) mass is 374 g/mol. The number of hydrogen-bond acceptors (Lipinski definition) is 5. The van der Waals surface area contributed by atoms with Crippen LogP contribution in [0.2, 0.25) is 0 Å². The van der Waals surface area contributed by atoms with Crippen molar-refractivity contribution in [3.63, 3.8) is 0 Å². The minimum atomic E-state index is -3.57. The summed E-state index contributed by atoms with van der Waals surface area (Å²) in [5, 5.41) is 2.70. The Hall–Kier alpha value is -2.94. The maximum Gasteiger partial charge on any atom is 0.259 e. The number of benzene rings is 1. The molecule has 0 atom stereocenters. The first-order valence-corrected chi connectivity index (χ1v) is 9.49. The molecule has 9 heteroatoms. The third-order valence-electron chi connectivity index (χ3n) is 3.90. The lowest BCUT2D eigenvalue weighted by atomic mass is 10.1. The van der Waals surface area contributed by atoms with Crippen LogP contribution < -0.4 is 5.32 Å². The van der Waals surface area contributed by atoms with Crippen molar-refractivity contribution < 1.29 is 18.0 Å². The summed E-state index contributed by atoms with van der Waals surface area (Å²) in [6.07, 6.45) is 4.88. The van der Waals surface area contributed by atoms with Crippen molar-refractivity contribution >= 4 is 33.4 Å². The molecular formula is C17H18N4O4S. The van der Waals surface area contributed by atoms with Crippen LogP contribution in [0.25, 0.3) is 0 Å². The summed E-state index contributed by atoms with van der Waals surface area (Å²) in [7, 11) is -0.249. The number of carbonyl (C=O) groups is 2. The molecule has 1 aromatic carbocycles. The van der Waals surface area contributed by atoms with E-state index < -0.39 is 15.9 Å². The third kappa shape index (κ3) is 3.67. The van der Waals surface area contributed by atoms with Gasteiger partial charge in [0, 0.05) is 38.1 Å². The quantitative estimate of drug-likeness (QED) is 0.845. The lowest BCUT2D eigenvalue weighted by Gasteiger charge is -2.28. The van der Waals surface area contributed by atoms with Crippen LogP contribution in [0.3, 0.4) is 0 Å². The Bertz CT molecular complexity index is 943. The number of carbonyl (C=O) groups excluding carboxylic acids is 2. The van der Waals surface area contributed by atoms with Gasteiger partial charge in [-0.05, 0) is 36.4 Å². The fourth-order valence-electron chi connectivity index (χ4n) is 2.55. The van der Waals surface area contributed by atoms with Crippen molar-refractivity contribution in [1.29, 1.82) is 0 Å². The Morgan fingerprint density at radius 3 is 2.54 bits per heavy atom. The highest BCUT2D eigenvalue weighted by Gasteiger charge is 2.29. The molecule has 0 saturated carbocycles. The molecule has 2 aliphatic rings. The van der Waals surface area contributed by atoms with Gasteiger partial charge >= 0.3 is 0 Å². The minimum Gasteiger partial charge on any atom is -0.345 e. The standard InChI is InChI=1S/C17H18N4O4S/c1-20(2)17(23)12-5-7-13(8-6-12)18-16(22)14-4-3-9-21-10-11-26(24,25)19-15(14)21/h3-9H,10-11H2,1-2H3,(H,18,22). The third-order valence-corrected chi connectivity index (χ3v) is 5.05. The van der Waals surface area contributed by atoms with Crippen molar-refractivity contribution in [3.8, 4) is 0 Å². The van der Waals surface area contributed by atoms with Crippen molar-refractivity contribution in [2.75, 3.05) is 31.7 Å². The van der Waals surface area contributed by atoms with Crippen molar-refractivity contribution in [2.45, 2.75) is 0 Å². The highest BCUT2D eigenvalue weighted by atomic mass is 32.2. The molecule has 26 heavy (non-hydrogen) atoms. The first kappa shape index (κ1) is 17.9. The highest BCUT2D eigenvalue weighted by Crippen LogP contribution is 2.19. The number of nitrogens with zero attached hydrogens (tertiary/aromatic N) is 3. The van der Waals surface area contributed by atoms with Crippen LogP contribution in [-0.2, 0) is 14.8 Å².